The highest BCUT2D eigenvalue weighted by molar-refractivity contribution is 8.27. The Morgan fingerprint density at radius 2 is 1.90 bits per heavy atom. The van der Waals surface area contributed by atoms with E-state index in [1.165, 1.54) is 5.41 Å². The third kappa shape index (κ3) is 3.63. The molecule has 0 saturated carbocycles. The Morgan fingerprint density at radius 3 is 2.71 bits per heavy atom. The molecular formula is C24H21N3O3S. The molecule has 0 fully saturated rings. The number of rotatable bonds is 4. The number of nitrogens with zero attached hydrogens (tertiary/aromatic N) is 2. The molecule has 5 rings (SSSR count). The molecule has 4 aromatic rings. The van der Waals surface area contributed by atoms with Gasteiger partial charge in [-0.3, -0.25) is 13.9 Å². The minimum absolute atomic E-state index is 0.125. The lowest BCUT2D eigenvalue weighted by Gasteiger charge is -2.25. The Hall–Kier alpha value is -3.39. The number of carbonyl (C=O) groups excluding carboxylic acids is 1. The van der Waals surface area contributed by atoms with Gasteiger partial charge in [-0.2, -0.15) is 0 Å². The summed E-state index contributed by atoms with van der Waals surface area (Å²) in [7, 11) is -2.94. The number of aromatic nitrogens is 2. The summed E-state index contributed by atoms with van der Waals surface area (Å²) in [5.74, 6) is -0.207. The van der Waals surface area contributed by atoms with E-state index in [1.807, 2.05) is 60.0 Å². The van der Waals surface area contributed by atoms with E-state index in [2.05, 4.69) is 5.32 Å². The van der Waals surface area contributed by atoms with Crippen LogP contribution in [0.15, 0.2) is 77.2 Å². The van der Waals surface area contributed by atoms with E-state index in [4.69, 9.17) is 4.98 Å². The number of pyridine rings is 1. The first-order valence-corrected chi connectivity index (χ1v) is 11.4. The normalized spacial score (nSPS) is 15.1. The Labute approximate surface area is 181 Å². The minimum atomic E-state index is -2.94. The molecule has 2 aromatic carbocycles. The van der Waals surface area contributed by atoms with Gasteiger partial charge in [-0.1, -0.05) is 36.4 Å². The average molecular weight is 432 g/mol. The second-order valence-electron chi connectivity index (χ2n) is 7.58. The van der Waals surface area contributed by atoms with Crippen LogP contribution in [0.4, 0.5) is 5.69 Å². The molecule has 3 N–H and O–H groups in total. The summed E-state index contributed by atoms with van der Waals surface area (Å²) >= 11 is 0. The number of fused-ring (bicyclic) bond motifs is 2. The van der Waals surface area contributed by atoms with Crippen LogP contribution in [-0.4, -0.2) is 24.4 Å². The number of amides is 1. The van der Waals surface area contributed by atoms with Crippen molar-refractivity contribution in [3.05, 3.63) is 89.1 Å². The van der Waals surface area contributed by atoms with Gasteiger partial charge in [0.1, 0.15) is 5.65 Å². The van der Waals surface area contributed by atoms with Crippen LogP contribution >= 0.6 is 10.6 Å². The molecule has 0 unspecified atom stereocenters. The molecule has 0 saturated heterocycles. The standard InChI is InChI=1S/C24H21N3O3S/c1-16-9-11-27-20(24(26-22(27)13-16)18-5-3-2-4-6-18)15-23(28)25-19-8-7-17-10-12-31(29,30)21(17)14-19/h2-14,29-30H,15H2,1H3,(H,25,28). The van der Waals surface area contributed by atoms with Gasteiger partial charge < -0.3 is 9.72 Å². The number of nitrogens with one attached hydrogen (secondary N) is 1. The smallest absolute Gasteiger partial charge is 0.230 e. The highest BCUT2D eigenvalue weighted by Crippen LogP contribution is 2.56. The second kappa shape index (κ2) is 7.39. The van der Waals surface area contributed by atoms with Gasteiger partial charge in [-0.05, 0) is 48.4 Å². The van der Waals surface area contributed by atoms with Crippen LogP contribution in [0.5, 0.6) is 0 Å². The van der Waals surface area contributed by atoms with Gasteiger partial charge >= 0.3 is 0 Å². The zero-order chi connectivity index (χ0) is 21.6. The molecule has 0 radical (unpaired) electrons. The Balaban J connectivity index is 1.47. The van der Waals surface area contributed by atoms with E-state index in [1.54, 1.807) is 24.3 Å². The van der Waals surface area contributed by atoms with E-state index in [0.717, 1.165) is 33.7 Å². The summed E-state index contributed by atoms with van der Waals surface area (Å²) in [6, 6.07) is 18.9. The van der Waals surface area contributed by atoms with Crippen molar-refractivity contribution in [3.8, 4) is 11.3 Å². The van der Waals surface area contributed by atoms with Crippen LogP contribution in [0.2, 0.25) is 0 Å². The zero-order valence-electron chi connectivity index (χ0n) is 16.8. The highest BCUT2D eigenvalue weighted by atomic mass is 32.3. The fraction of sp³-hybridized carbons (Fsp3) is 0.0833. The maximum Gasteiger partial charge on any atom is 0.230 e. The zero-order valence-corrected chi connectivity index (χ0v) is 17.6. The Morgan fingerprint density at radius 1 is 1.10 bits per heavy atom. The minimum Gasteiger partial charge on any atom is -0.326 e. The molecule has 1 aliphatic rings. The summed E-state index contributed by atoms with van der Waals surface area (Å²) in [5, 5.41) is 4.28. The van der Waals surface area contributed by atoms with Crippen LogP contribution in [0, 0.1) is 6.92 Å². The van der Waals surface area contributed by atoms with E-state index in [9.17, 15) is 13.9 Å². The number of benzene rings is 2. The van der Waals surface area contributed by atoms with Crippen LogP contribution in [-0.2, 0) is 11.2 Å². The summed E-state index contributed by atoms with van der Waals surface area (Å²) in [5.41, 5.74) is 5.68. The third-order valence-corrected chi connectivity index (χ3v) is 6.83. The lowest BCUT2D eigenvalue weighted by atomic mass is 10.1. The van der Waals surface area contributed by atoms with Crippen molar-refractivity contribution in [2.24, 2.45) is 0 Å². The lowest BCUT2D eigenvalue weighted by Crippen LogP contribution is -2.16. The van der Waals surface area contributed by atoms with Crippen molar-refractivity contribution in [1.29, 1.82) is 0 Å². The fourth-order valence-corrected chi connectivity index (χ4v) is 5.07. The Kier molecular flexibility index (Phi) is 4.66. The molecule has 156 valence electrons. The van der Waals surface area contributed by atoms with Crippen molar-refractivity contribution in [2.75, 3.05) is 5.32 Å². The number of imidazole rings is 1. The SMILES string of the molecule is Cc1ccn2c(CC(=O)Nc3ccc4c(c3)S(O)(O)C=C4)c(-c3ccccc3)nc2c1. The molecule has 0 atom stereocenters. The molecule has 0 aliphatic carbocycles. The molecule has 7 heteroatoms. The fourth-order valence-electron chi connectivity index (χ4n) is 3.80. The molecular weight excluding hydrogens is 410 g/mol. The molecule has 31 heavy (non-hydrogen) atoms. The summed E-state index contributed by atoms with van der Waals surface area (Å²) in [6.45, 7) is 2.01. The van der Waals surface area contributed by atoms with Crippen LogP contribution in [0.25, 0.3) is 23.0 Å². The maximum atomic E-state index is 12.9. The molecule has 0 spiro atoms. The van der Waals surface area contributed by atoms with Gasteiger partial charge in [0.15, 0.2) is 0 Å². The summed E-state index contributed by atoms with van der Waals surface area (Å²) in [4.78, 5) is 18.2. The Bertz CT molecular complexity index is 1340. The molecule has 1 amide bonds. The van der Waals surface area contributed by atoms with Crippen molar-refractivity contribution in [1.82, 2.24) is 9.38 Å². The van der Waals surface area contributed by atoms with Gasteiger partial charge in [0.25, 0.3) is 0 Å². The van der Waals surface area contributed by atoms with Gasteiger partial charge in [-0.25, -0.2) is 4.98 Å². The molecule has 3 heterocycles. The van der Waals surface area contributed by atoms with Crippen molar-refractivity contribution in [2.45, 2.75) is 18.2 Å². The third-order valence-electron chi connectivity index (χ3n) is 5.31. The first-order valence-electron chi connectivity index (χ1n) is 9.84. The van der Waals surface area contributed by atoms with Crippen LogP contribution < -0.4 is 5.32 Å². The summed E-state index contributed by atoms with van der Waals surface area (Å²) < 4.78 is 22.2. The van der Waals surface area contributed by atoms with Crippen molar-refractivity contribution >= 4 is 33.9 Å². The molecule has 2 aromatic heterocycles. The topological polar surface area (TPSA) is 86.9 Å². The van der Waals surface area contributed by atoms with E-state index < -0.39 is 10.6 Å². The number of hydrogen-bond acceptors (Lipinski definition) is 4. The van der Waals surface area contributed by atoms with Gasteiger partial charge in [0, 0.05) is 22.9 Å². The van der Waals surface area contributed by atoms with Gasteiger partial charge in [-0.15, -0.1) is 10.6 Å². The van der Waals surface area contributed by atoms with Gasteiger partial charge in [0.2, 0.25) is 5.91 Å². The molecule has 1 aliphatic heterocycles. The van der Waals surface area contributed by atoms with Crippen LogP contribution in [0.3, 0.4) is 0 Å². The number of carbonyl (C=O) groups is 1. The van der Waals surface area contributed by atoms with E-state index >= 15 is 0 Å². The number of aryl methyl sites for hydroxylation is 1. The second-order valence-corrected chi connectivity index (χ2v) is 9.48. The number of hydrogen-bond donors (Lipinski definition) is 3. The lowest BCUT2D eigenvalue weighted by molar-refractivity contribution is -0.115. The molecule has 6 nitrogen and oxygen atoms in total. The average Bonchev–Trinajstić information content (AvgIpc) is 3.25. The first kappa shape index (κ1) is 19.6. The van der Waals surface area contributed by atoms with Crippen LogP contribution in [0.1, 0.15) is 16.8 Å². The largest absolute Gasteiger partial charge is 0.326 e. The highest BCUT2D eigenvalue weighted by Gasteiger charge is 2.22. The predicted octanol–water partition coefficient (Wildman–Crippen LogP) is 5.58. The van der Waals surface area contributed by atoms with E-state index in [0.29, 0.717) is 10.6 Å². The van der Waals surface area contributed by atoms with E-state index in [-0.39, 0.29) is 12.3 Å². The molecule has 0 bridgehead atoms. The first-order chi connectivity index (χ1) is 14.9. The predicted molar refractivity (Wildman–Crippen MR) is 124 cm³/mol. The maximum absolute atomic E-state index is 12.9. The van der Waals surface area contributed by atoms with Gasteiger partial charge in [0.05, 0.1) is 22.7 Å². The summed E-state index contributed by atoms with van der Waals surface area (Å²) in [6.07, 6.45) is 3.74. The monoisotopic (exact) mass is 431 g/mol. The van der Waals surface area contributed by atoms with Crippen molar-refractivity contribution < 1.29 is 13.9 Å². The quantitative estimate of drug-likeness (QED) is 0.393. The van der Waals surface area contributed by atoms with Crippen molar-refractivity contribution in [3.63, 3.8) is 0 Å². The number of anilines is 1.